The summed E-state index contributed by atoms with van der Waals surface area (Å²) in [5.41, 5.74) is 0.678. The predicted octanol–water partition coefficient (Wildman–Crippen LogP) is 2.66. The van der Waals surface area contributed by atoms with Gasteiger partial charge in [0.15, 0.2) is 11.6 Å². The summed E-state index contributed by atoms with van der Waals surface area (Å²) in [6.45, 7) is -0.0676. The minimum absolute atomic E-state index is 0.0668. The molecule has 7 heteroatoms. The molecule has 0 heterocycles. The Bertz CT molecular complexity index is 738. The third-order valence-electron chi connectivity index (χ3n) is 3.03. The number of halogens is 3. The molecule has 2 amide bonds. The molecule has 0 atom stereocenters. The first-order chi connectivity index (χ1) is 11.0. The van der Waals surface area contributed by atoms with Gasteiger partial charge in [-0.05, 0) is 29.8 Å². The first-order valence-electron chi connectivity index (χ1n) is 6.70. The maximum atomic E-state index is 13.0. The Morgan fingerprint density at radius 2 is 1.74 bits per heavy atom. The molecule has 23 heavy (non-hydrogen) atoms. The molecule has 0 saturated carbocycles. The number of benzene rings is 2. The number of rotatable bonds is 5. The van der Waals surface area contributed by atoms with Crippen LogP contribution in [0.5, 0.6) is 0 Å². The molecule has 0 aliphatic heterocycles. The zero-order chi connectivity index (χ0) is 16.8. The van der Waals surface area contributed by atoms with Crippen molar-refractivity contribution in [3.05, 3.63) is 70.2 Å². The first-order valence-corrected chi connectivity index (χ1v) is 7.08. The van der Waals surface area contributed by atoms with E-state index < -0.39 is 23.4 Å². The maximum Gasteiger partial charge on any atom is 0.251 e. The van der Waals surface area contributed by atoms with Crippen LogP contribution in [0.25, 0.3) is 0 Å². The lowest BCUT2D eigenvalue weighted by molar-refractivity contribution is -0.120. The van der Waals surface area contributed by atoms with Crippen LogP contribution in [0.15, 0.2) is 42.5 Å². The number of hydrogen-bond donors (Lipinski definition) is 2. The smallest absolute Gasteiger partial charge is 0.251 e. The molecule has 0 fully saturated rings. The van der Waals surface area contributed by atoms with Gasteiger partial charge in [-0.1, -0.05) is 29.8 Å². The molecule has 2 rings (SSSR count). The Morgan fingerprint density at radius 1 is 1.00 bits per heavy atom. The van der Waals surface area contributed by atoms with Gasteiger partial charge >= 0.3 is 0 Å². The van der Waals surface area contributed by atoms with Gasteiger partial charge in [0.2, 0.25) is 5.91 Å². The van der Waals surface area contributed by atoms with Gasteiger partial charge in [0.25, 0.3) is 5.91 Å². The average Bonchev–Trinajstić information content (AvgIpc) is 2.54. The van der Waals surface area contributed by atoms with Gasteiger partial charge in [0.1, 0.15) is 0 Å². The van der Waals surface area contributed by atoms with Gasteiger partial charge in [0, 0.05) is 17.1 Å². The first kappa shape index (κ1) is 16.9. The predicted molar refractivity (Wildman–Crippen MR) is 82.0 cm³/mol. The van der Waals surface area contributed by atoms with E-state index >= 15 is 0 Å². The Balaban J connectivity index is 1.83. The van der Waals surface area contributed by atoms with Gasteiger partial charge in [-0.25, -0.2) is 8.78 Å². The zero-order valence-electron chi connectivity index (χ0n) is 11.9. The Hall–Kier alpha value is -2.47. The van der Waals surface area contributed by atoms with E-state index in [0.717, 1.165) is 23.8 Å². The minimum Gasteiger partial charge on any atom is -0.350 e. The van der Waals surface area contributed by atoms with E-state index in [2.05, 4.69) is 10.6 Å². The normalized spacial score (nSPS) is 10.2. The second kappa shape index (κ2) is 7.69. The molecular weight excluding hydrogens is 326 g/mol. The van der Waals surface area contributed by atoms with Gasteiger partial charge in [-0.15, -0.1) is 0 Å². The summed E-state index contributed by atoms with van der Waals surface area (Å²) in [7, 11) is 0. The average molecular weight is 339 g/mol. The topological polar surface area (TPSA) is 58.2 Å². The third kappa shape index (κ3) is 4.75. The van der Waals surface area contributed by atoms with E-state index in [0.29, 0.717) is 5.02 Å². The number of carbonyl (C=O) groups excluding carboxylic acids is 2. The number of nitrogens with one attached hydrogen (secondary N) is 2. The molecule has 0 radical (unpaired) electrons. The molecule has 2 N–H and O–H groups in total. The second-order valence-corrected chi connectivity index (χ2v) is 5.09. The lowest BCUT2D eigenvalue weighted by Gasteiger charge is -2.08. The largest absolute Gasteiger partial charge is 0.350 e. The summed E-state index contributed by atoms with van der Waals surface area (Å²) in [5, 5.41) is 5.44. The van der Waals surface area contributed by atoms with Gasteiger partial charge < -0.3 is 10.6 Å². The van der Waals surface area contributed by atoms with Crippen molar-refractivity contribution in [3.8, 4) is 0 Å². The Labute approximate surface area is 136 Å². The van der Waals surface area contributed by atoms with E-state index in [-0.39, 0.29) is 18.7 Å². The van der Waals surface area contributed by atoms with Crippen molar-refractivity contribution in [1.82, 2.24) is 10.6 Å². The highest BCUT2D eigenvalue weighted by Crippen LogP contribution is 2.14. The fraction of sp³-hybridized carbons (Fsp3) is 0.125. The second-order valence-electron chi connectivity index (χ2n) is 4.68. The van der Waals surface area contributed by atoms with Crippen molar-refractivity contribution in [2.24, 2.45) is 0 Å². The van der Waals surface area contributed by atoms with Crippen molar-refractivity contribution in [2.45, 2.75) is 6.54 Å². The molecule has 0 aliphatic rings. The number of hydrogen-bond acceptors (Lipinski definition) is 2. The van der Waals surface area contributed by atoms with Crippen LogP contribution >= 0.6 is 11.6 Å². The molecule has 0 aliphatic carbocycles. The maximum absolute atomic E-state index is 13.0. The van der Waals surface area contributed by atoms with Crippen molar-refractivity contribution >= 4 is 23.4 Å². The fourth-order valence-corrected chi connectivity index (χ4v) is 2.00. The standard InChI is InChI=1S/C16H13ClF2N2O2/c17-12-4-2-1-3-11(12)8-20-15(22)9-21-16(23)10-5-6-13(18)14(19)7-10/h1-7H,8-9H2,(H,20,22)(H,21,23). The molecule has 120 valence electrons. The van der Waals surface area contributed by atoms with Gasteiger partial charge in [-0.2, -0.15) is 0 Å². The van der Waals surface area contributed by atoms with E-state index in [1.165, 1.54) is 0 Å². The van der Waals surface area contributed by atoms with Crippen molar-refractivity contribution in [1.29, 1.82) is 0 Å². The summed E-state index contributed by atoms with van der Waals surface area (Å²) in [6, 6.07) is 9.79. The third-order valence-corrected chi connectivity index (χ3v) is 3.39. The molecule has 0 spiro atoms. The van der Waals surface area contributed by atoms with Gasteiger partial charge in [-0.3, -0.25) is 9.59 Å². The zero-order valence-corrected chi connectivity index (χ0v) is 12.7. The molecule has 2 aromatic rings. The number of amides is 2. The van der Waals surface area contributed by atoms with Crippen LogP contribution in [-0.4, -0.2) is 18.4 Å². The quantitative estimate of drug-likeness (QED) is 0.880. The molecule has 0 aromatic heterocycles. The highest BCUT2D eigenvalue weighted by Gasteiger charge is 2.11. The van der Waals surface area contributed by atoms with Crippen LogP contribution in [0, 0.1) is 11.6 Å². The monoisotopic (exact) mass is 338 g/mol. The van der Waals surface area contributed by atoms with Gasteiger partial charge in [0.05, 0.1) is 6.54 Å². The van der Waals surface area contributed by atoms with Crippen LogP contribution < -0.4 is 10.6 Å². The summed E-state index contributed by atoms with van der Waals surface area (Å²) in [5.74, 6) is -3.27. The lowest BCUT2D eigenvalue weighted by Crippen LogP contribution is -2.36. The van der Waals surface area contributed by atoms with E-state index in [1.807, 2.05) is 0 Å². The lowest BCUT2D eigenvalue weighted by atomic mass is 10.2. The molecule has 0 bridgehead atoms. The SMILES string of the molecule is O=C(CNC(=O)c1ccc(F)c(F)c1)NCc1ccccc1Cl. The van der Waals surface area contributed by atoms with Crippen LogP contribution in [-0.2, 0) is 11.3 Å². The molecule has 2 aromatic carbocycles. The van der Waals surface area contributed by atoms with Crippen molar-refractivity contribution in [2.75, 3.05) is 6.54 Å². The van der Waals surface area contributed by atoms with Crippen molar-refractivity contribution in [3.63, 3.8) is 0 Å². The summed E-state index contributed by atoms with van der Waals surface area (Å²) in [6.07, 6.45) is 0. The molecule has 0 unspecified atom stereocenters. The number of carbonyl (C=O) groups is 2. The minimum atomic E-state index is -1.12. The van der Waals surface area contributed by atoms with E-state index in [4.69, 9.17) is 11.6 Å². The Morgan fingerprint density at radius 3 is 2.43 bits per heavy atom. The summed E-state index contributed by atoms with van der Waals surface area (Å²) in [4.78, 5) is 23.4. The van der Waals surface area contributed by atoms with E-state index in [9.17, 15) is 18.4 Å². The fourth-order valence-electron chi connectivity index (χ4n) is 1.80. The highest BCUT2D eigenvalue weighted by molar-refractivity contribution is 6.31. The van der Waals surface area contributed by atoms with Crippen LogP contribution in [0.1, 0.15) is 15.9 Å². The molecule has 4 nitrogen and oxygen atoms in total. The Kier molecular flexibility index (Phi) is 5.65. The molecular formula is C16H13ClF2N2O2. The molecule has 0 saturated heterocycles. The van der Waals surface area contributed by atoms with Crippen molar-refractivity contribution < 1.29 is 18.4 Å². The van der Waals surface area contributed by atoms with Crippen LogP contribution in [0.4, 0.5) is 8.78 Å². The summed E-state index contributed by atoms with van der Waals surface area (Å²) < 4.78 is 25.8. The summed E-state index contributed by atoms with van der Waals surface area (Å²) >= 11 is 5.96. The highest BCUT2D eigenvalue weighted by atomic mass is 35.5. The van der Waals surface area contributed by atoms with E-state index in [1.54, 1.807) is 24.3 Å². The van der Waals surface area contributed by atoms with Crippen LogP contribution in [0.2, 0.25) is 5.02 Å². The van der Waals surface area contributed by atoms with Crippen LogP contribution in [0.3, 0.4) is 0 Å².